The highest BCUT2D eigenvalue weighted by Gasteiger charge is 2.15. The van der Waals surface area contributed by atoms with E-state index in [4.69, 9.17) is 20.8 Å². The van der Waals surface area contributed by atoms with E-state index in [0.29, 0.717) is 22.6 Å². The van der Waals surface area contributed by atoms with E-state index in [0.717, 1.165) is 4.47 Å². The third-order valence-corrected chi connectivity index (χ3v) is 3.36. The second kappa shape index (κ2) is 4.47. The van der Waals surface area contributed by atoms with Crippen LogP contribution in [0.2, 0.25) is 5.02 Å². The second-order valence-electron chi connectivity index (χ2n) is 3.10. The fraction of sp³-hybridized carbons (Fsp3) is 0.182. The number of rotatable bonds is 2. The first-order valence-electron chi connectivity index (χ1n) is 4.68. The number of hydrogen-bond acceptors (Lipinski definition) is 3. The van der Waals surface area contributed by atoms with Crippen molar-refractivity contribution in [2.45, 2.75) is 6.92 Å². The van der Waals surface area contributed by atoms with Gasteiger partial charge in [-0.1, -0.05) is 11.6 Å². The summed E-state index contributed by atoms with van der Waals surface area (Å²) in [7, 11) is 0. The zero-order valence-corrected chi connectivity index (χ0v) is 10.8. The molecule has 1 aromatic carbocycles. The van der Waals surface area contributed by atoms with Crippen LogP contribution < -0.4 is 0 Å². The summed E-state index contributed by atoms with van der Waals surface area (Å²) < 4.78 is 10.9. The van der Waals surface area contributed by atoms with Crippen molar-refractivity contribution >= 4 is 44.5 Å². The highest BCUT2D eigenvalue weighted by Crippen LogP contribution is 2.33. The van der Waals surface area contributed by atoms with Gasteiger partial charge in [0.25, 0.3) is 0 Å². The molecule has 0 atom stereocenters. The molecule has 0 spiro atoms. The van der Waals surface area contributed by atoms with Gasteiger partial charge in [0, 0.05) is 15.9 Å². The molecule has 1 heterocycles. The largest absolute Gasteiger partial charge is 0.460 e. The van der Waals surface area contributed by atoms with Crippen LogP contribution in [-0.2, 0) is 4.74 Å². The summed E-state index contributed by atoms with van der Waals surface area (Å²) >= 11 is 9.37. The first kappa shape index (κ1) is 11.5. The Kier molecular flexibility index (Phi) is 3.21. The average Bonchev–Trinajstić information content (AvgIpc) is 2.69. The van der Waals surface area contributed by atoms with Crippen LogP contribution in [0.15, 0.2) is 27.1 Å². The van der Waals surface area contributed by atoms with Crippen molar-refractivity contribution < 1.29 is 13.9 Å². The van der Waals surface area contributed by atoms with E-state index in [2.05, 4.69) is 15.9 Å². The van der Waals surface area contributed by atoms with Crippen molar-refractivity contribution in [1.82, 2.24) is 0 Å². The van der Waals surface area contributed by atoms with Gasteiger partial charge in [-0.25, -0.2) is 4.79 Å². The average molecular weight is 304 g/mol. The molecule has 3 nitrogen and oxygen atoms in total. The number of carbonyl (C=O) groups excluding carboxylic acids is 1. The van der Waals surface area contributed by atoms with E-state index in [1.54, 1.807) is 25.1 Å². The van der Waals surface area contributed by atoms with Gasteiger partial charge in [0.05, 0.1) is 11.6 Å². The third-order valence-electron chi connectivity index (χ3n) is 2.06. The number of ether oxygens (including phenoxy) is 1. The number of esters is 1. The molecule has 0 radical (unpaired) electrons. The molecule has 0 unspecified atom stereocenters. The molecule has 0 amide bonds. The number of hydrogen-bond donors (Lipinski definition) is 0. The Morgan fingerprint density at radius 2 is 2.31 bits per heavy atom. The molecule has 1 aromatic heterocycles. The zero-order valence-electron chi connectivity index (χ0n) is 8.42. The number of benzene rings is 1. The molecule has 16 heavy (non-hydrogen) atoms. The summed E-state index contributed by atoms with van der Waals surface area (Å²) in [6, 6.07) is 5.09. The van der Waals surface area contributed by atoms with Crippen molar-refractivity contribution in [3.63, 3.8) is 0 Å². The molecule has 0 aliphatic rings. The van der Waals surface area contributed by atoms with Crippen LogP contribution in [0.3, 0.4) is 0 Å². The molecule has 0 aliphatic heterocycles. The van der Waals surface area contributed by atoms with Gasteiger partial charge in [0.2, 0.25) is 5.76 Å². The number of fused-ring (bicyclic) bond motifs is 1. The van der Waals surface area contributed by atoms with Gasteiger partial charge in [-0.05, 0) is 35.0 Å². The van der Waals surface area contributed by atoms with E-state index in [1.807, 2.05) is 0 Å². The van der Waals surface area contributed by atoms with Gasteiger partial charge in [0.1, 0.15) is 5.58 Å². The Morgan fingerprint density at radius 3 is 3.00 bits per heavy atom. The van der Waals surface area contributed by atoms with Crippen LogP contribution in [0.4, 0.5) is 0 Å². The second-order valence-corrected chi connectivity index (χ2v) is 4.34. The number of furan rings is 1. The third kappa shape index (κ3) is 1.95. The summed E-state index contributed by atoms with van der Waals surface area (Å²) in [5, 5.41) is 1.22. The standard InChI is InChI=1S/C11H8BrClO3/c1-2-15-11(14)9-5-6-8(16-9)4-3-7(12)10(6)13/h3-5H,2H2,1H3. The predicted octanol–water partition coefficient (Wildman–Crippen LogP) is 4.03. The minimum Gasteiger partial charge on any atom is -0.460 e. The fourth-order valence-electron chi connectivity index (χ4n) is 1.35. The maximum Gasteiger partial charge on any atom is 0.374 e. The maximum atomic E-state index is 11.4. The van der Waals surface area contributed by atoms with Crippen LogP contribution in [0.1, 0.15) is 17.5 Å². The topological polar surface area (TPSA) is 39.4 Å². The van der Waals surface area contributed by atoms with Crippen LogP contribution in [0.25, 0.3) is 11.0 Å². The quantitative estimate of drug-likeness (QED) is 0.786. The van der Waals surface area contributed by atoms with Gasteiger partial charge in [-0.2, -0.15) is 0 Å². The fourth-order valence-corrected chi connectivity index (χ4v) is 1.91. The normalized spacial score (nSPS) is 10.7. The Balaban J connectivity index is 2.52. The smallest absolute Gasteiger partial charge is 0.374 e. The van der Waals surface area contributed by atoms with Gasteiger partial charge in [-0.3, -0.25) is 0 Å². The van der Waals surface area contributed by atoms with Crippen molar-refractivity contribution in [2.24, 2.45) is 0 Å². The molecule has 0 saturated carbocycles. The monoisotopic (exact) mass is 302 g/mol. The summed E-state index contributed by atoms with van der Waals surface area (Å²) in [6.45, 7) is 2.05. The summed E-state index contributed by atoms with van der Waals surface area (Å²) in [4.78, 5) is 11.4. The van der Waals surface area contributed by atoms with Gasteiger partial charge in [-0.15, -0.1) is 0 Å². The Morgan fingerprint density at radius 1 is 1.56 bits per heavy atom. The van der Waals surface area contributed by atoms with Crippen LogP contribution in [-0.4, -0.2) is 12.6 Å². The van der Waals surface area contributed by atoms with Crippen LogP contribution in [0.5, 0.6) is 0 Å². The van der Waals surface area contributed by atoms with E-state index in [1.165, 1.54) is 0 Å². The van der Waals surface area contributed by atoms with Crippen molar-refractivity contribution in [3.05, 3.63) is 33.5 Å². The molecule has 2 rings (SSSR count). The van der Waals surface area contributed by atoms with Crippen LogP contribution in [0, 0.1) is 0 Å². The van der Waals surface area contributed by atoms with Crippen LogP contribution >= 0.6 is 27.5 Å². The van der Waals surface area contributed by atoms with E-state index < -0.39 is 5.97 Å². The number of halogens is 2. The lowest BCUT2D eigenvalue weighted by Crippen LogP contribution is -2.02. The summed E-state index contributed by atoms with van der Waals surface area (Å²) in [5.41, 5.74) is 0.566. The summed E-state index contributed by atoms with van der Waals surface area (Å²) in [6.07, 6.45) is 0. The lowest BCUT2D eigenvalue weighted by molar-refractivity contribution is 0.0492. The molecule has 5 heteroatoms. The first-order chi connectivity index (χ1) is 7.63. The predicted molar refractivity (Wildman–Crippen MR) is 64.9 cm³/mol. The van der Waals surface area contributed by atoms with Crippen molar-refractivity contribution in [3.8, 4) is 0 Å². The highest BCUT2D eigenvalue weighted by molar-refractivity contribution is 9.10. The van der Waals surface area contributed by atoms with E-state index in [-0.39, 0.29) is 5.76 Å². The van der Waals surface area contributed by atoms with Crippen molar-refractivity contribution in [1.29, 1.82) is 0 Å². The molecule has 84 valence electrons. The lowest BCUT2D eigenvalue weighted by Gasteiger charge is -1.95. The minimum absolute atomic E-state index is 0.164. The molecule has 2 aromatic rings. The highest BCUT2D eigenvalue weighted by atomic mass is 79.9. The lowest BCUT2D eigenvalue weighted by atomic mass is 10.2. The maximum absolute atomic E-state index is 11.4. The van der Waals surface area contributed by atoms with Gasteiger partial charge in [0.15, 0.2) is 0 Å². The molecule has 0 saturated heterocycles. The minimum atomic E-state index is -0.481. The van der Waals surface area contributed by atoms with Crippen molar-refractivity contribution in [2.75, 3.05) is 6.61 Å². The molecule has 0 N–H and O–H groups in total. The molecular formula is C11H8BrClO3. The summed E-state index contributed by atoms with van der Waals surface area (Å²) in [5.74, 6) is -0.317. The molecule has 0 bridgehead atoms. The Labute approximate surface area is 105 Å². The Hall–Kier alpha value is -1.00. The number of carbonyl (C=O) groups is 1. The zero-order chi connectivity index (χ0) is 11.7. The van der Waals surface area contributed by atoms with E-state index in [9.17, 15) is 4.79 Å². The first-order valence-corrected chi connectivity index (χ1v) is 5.85. The molecule has 0 fully saturated rings. The SMILES string of the molecule is CCOC(=O)c1cc2c(Cl)c(Br)ccc2o1. The Bertz CT molecular complexity index is 547. The van der Waals surface area contributed by atoms with Gasteiger partial charge >= 0.3 is 5.97 Å². The molecular weight excluding hydrogens is 295 g/mol. The van der Waals surface area contributed by atoms with E-state index >= 15 is 0 Å². The molecule has 0 aliphatic carbocycles. The van der Waals surface area contributed by atoms with Gasteiger partial charge < -0.3 is 9.15 Å².